The van der Waals surface area contributed by atoms with Crippen molar-refractivity contribution in [3.8, 4) is 0 Å². The predicted molar refractivity (Wildman–Crippen MR) is 65.1 cm³/mol. The van der Waals surface area contributed by atoms with Crippen LogP contribution in [0.15, 0.2) is 18.2 Å². The number of rotatable bonds is 1. The fourth-order valence-electron chi connectivity index (χ4n) is 2.43. The lowest BCUT2D eigenvalue weighted by atomic mass is 10.0. The van der Waals surface area contributed by atoms with Gasteiger partial charge in [0, 0.05) is 16.8 Å². The minimum absolute atomic E-state index is 0.254. The highest BCUT2D eigenvalue weighted by Gasteiger charge is 2.18. The number of anilines is 1. The van der Waals surface area contributed by atoms with Crippen LogP contribution in [0.25, 0.3) is 10.9 Å². The summed E-state index contributed by atoms with van der Waals surface area (Å²) in [7, 11) is 0. The van der Waals surface area contributed by atoms with Crippen LogP contribution in [0.2, 0.25) is 0 Å². The van der Waals surface area contributed by atoms with E-state index < -0.39 is 5.97 Å². The molecule has 0 amide bonds. The summed E-state index contributed by atoms with van der Waals surface area (Å²) in [6, 6.07) is 4.91. The second-order valence-corrected chi connectivity index (χ2v) is 4.34. The molecule has 0 bridgehead atoms. The minimum Gasteiger partial charge on any atom is -0.478 e. The van der Waals surface area contributed by atoms with Crippen LogP contribution in [-0.4, -0.2) is 16.1 Å². The molecule has 2 aromatic rings. The third kappa shape index (κ3) is 1.45. The molecule has 3 N–H and O–H groups in total. The van der Waals surface area contributed by atoms with E-state index in [0.29, 0.717) is 5.69 Å². The van der Waals surface area contributed by atoms with Crippen LogP contribution < -0.4 is 5.73 Å². The monoisotopic (exact) mass is 228 g/mol. The molecule has 1 aliphatic carbocycles. The van der Waals surface area contributed by atoms with Gasteiger partial charge >= 0.3 is 5.97 Å². The fraction of sp³-hybridized carbons (Fsp3) is 0.231. The Morgan fingerprint density at radius 1 is 1.35 bits per heavy atom. The Hall–Kier alpha value is -2.10. The second kappa shape index (κ2) is 3.45. The third-order valence-electron chi connectivity index (χ3n) is 3.30. The average Bonchev–Trinajstić information content (AvgIpc) is 2.77. The van der Waals surface area contributed by atoms with Gasteiger partial charge in [0.1, 0.15) is 0 Å². The minimum atomic E-state index is -0.938. The maximum absolute atomic E-state index is 10.9. The van der Waals surface area contributed by atoms with E-state index in [1.54, 1.807) is 18.2 Å². The number of aromatic nitrogens is 1. The molecule has 1 aromatic carbocycles. The summed E-state index contributed by atoms with van der Waals surface area (Å²) >= 11 is 0. The molecule has 17 heavy (non-hydrogen) atoms. The number of nitrogens with zero attached hydrogens (tertiary/aromatic N) is 1. The number of nitrogens with two attached hydrogens (primary N) is 1. The Labute approximate surface area is 98.1 Å². The third-order valence-corrected chi connectivity index (χ3v) is 3.30. The average molecular weight is 228 g/mol. The number of hydrogen-bond donors (Lipinski definition) is 2. The largest absolute Gasteiger partial charge is 0.478 e. The first-order valence-corrected chi connectivity index (χ1v) is 5.61. The van der Waals surface area contributed by atoms with Crippen LogP contribution in [-0.2, 0) is 12.8 Å². The van der Waals surface area contributed by atoms with Gasteiger partial charge in [0.2, 0.25) is 0 Å². The van der Waals surface area contributed by atoms with Gasteiger partial charge in [-0.15, -0.1) is 0 Å². The number of benzene rings is 1. The molecule has 4 nitrogen and oxygen atoms in total. The number of aryl methyl sites for hydroxylation is 1. The van der Waals surface area contributed by atoms with Crippen molar-refractivity contribution >= 4 is 22.6 Å². The molecular formula is C13H12N2O2. The van der Waals surface area contributed by atoms with Gasteiger partial charge in [-0.3, -0.25) is 4.98 Å². The Kier molecular flexibility index (Phi) is 2.04. The summed E-state index contributed by atoms with van der Waals surface area (Å²) in [5, 5.41) is 9.72. The molecular weight excluding hydrogens is 216 g/mol. The molecule has 0 atom stereocenters. The quantitative estimate of drug-likeness (QED) is 0.782. The Morgan fingerprint density at radius 3 is 2.94 bits per heavy atom. The van der Waals surface area contributed by atoms with Crippen LogP contribution in [0.3, 0.4) is 0 Å². The van der Waals surface area contributed by atoms with Crippen molar-refractivity contribution in [3.63, 3.8) is 0 Å². The Morgan fingerprint density at radius 2 is 2.18 bits per heavy atom. The number of aromatic carboxylic acids is 1. The number of carbonyl (C=O) groups is 1. The summed E-state index contributed by atoms with van der Waals surface area (Å²) in [6.07, 6.45) is 2.99. The zero-order valence-electron chi connectivity index (χ0n) is 9.23. The maximum atomic E-state index is 10.9. The van der Waals surface area contributed by atoms with Gasteiger partial charge in [0.25, 0.3) is 0 Å². The van der Waals surface area contributed by atoms with Gasteiger partial charge in [-0.1, -0.05) is 0 Å². The van der Waals surface area contributed by atoms with Crippen LogP contribution >= 0.6 is 0 Å². The lowest BCUT2D eigenvalue weighted by molar-refractivity contribution is 0.0697. The van der Waals surface area contributed by atoms with Crippen molar-refractivity contribution in [2.75, 3.05) is 5.73 Å². The highest BCUT2D eigenvalue weighted by atomic mass is 16.4. The van der Waals surface area contributed by atoms with Gasteiger partial charge in [0.15, 0.2) is 0 Å². The SMILES string of the molecule is Nc1c2c(nc3ccc(C(=O)O)cc13)CCC2. The van der Waals surface area contributed by atoms with Crippen molar-refractivity contribution in [1.29, 1.82) is 0 Å². The van der Waals surface area contributed by atoms with E-state index >= 15 is 0 Å². The number of nitrogen functional groups attached to an aromatic ring is 1. The lowest BCUT2D eigenvalue weighted by Gasteiger charge is -2.08. The van der Waals surface area contributed by atoms with Crippen molar-refractivity contribution in [2.45, 2.75) is 19.3 Å². The number of fused-ring (bicyclic) bond motifs is 2. The fourth-order valence-corrected chi connectivity index (χ4v) is 2.43. The molecule has 0 saturated heterocycles. The molecule has 0 radical (unpaired) electrons. The van der Waals surface area contributed by atoms with E-state index in [0.717, 1.165) is 41.4 Å². The highest BCUT2D eigenvalue weighted by Crippen LogP contribution is 2.32. The molecule has 0 aliphatic heterocycles. The summed E-state index contributed by atoms with van der Waals surface area (Å²) in [5.41, 5.74) is 10.0. The van der Waals surface area contributed by atoms with Gasteiger partial charge in [-0.05, 0) is 43.0 Å². The molecule has 0 saturated carbocycles. The zero-order valence-corrected chi connectivity index (χ0v) is 9.23. The first-order valence-electron chi connectivity index (χ1n) is 5.61. The van der Waals surface area contributed by atoms with Gasteiger partial charge < -0.3 is 10.8 Å². The van der Waals surface area contributed by atoms with E-state index in [9.17, 15) is 4.79 Å². The zero-order chi connectivity index (χ0) is 12.0. The second-order valence-electron chi connectivity index (χ2n) is 4.34. The maximum Gasteiger partial charge on any atom is 0.335 e. The number of pyridine rings is 1. The molecule has 0 spiro atoms. The van der Waals surface area contributed by atoms with Crippen molar-refractivity contribution in [3.05, 3.63) is 35.0 Å². The van der Waals surface area contributed by atoms with Crippen LogP contribution in [0.1, 0.15) is 28.0 Å². The first-order chi connectivity index (χ1) is 8.16. The summed E-state index contributed by atoms with van der Waals surface area (Å²) in [4.78, 5) is 15.5. The van der Waals surface area contributed by atoms with Crippen molar-refractivity contribution in [1.82, 2.24) is 4.98 Å². The number of hydrogen-bond acceptors (Lipinski definition) is 3. The highest BCUT2D eigenvalue weighted by molar-refractivity contribution is 5.98. The molecule has 3 rings (SSSR count). The van der Waals surface area contributed by atoms with E-state index in [2.05, 4.69) is 4.98 Å². The summed E-state index contributed by atoms with van der Waals surface area (Å²) in [5.74, 6) is -0.938. The molecule has 1 aromatic heterocycles. The van der Waals surface area contributed by atoms with E-state index in [1.807, 2.05) is 0 Å². The van der Waals surface area contributed by atoms with Gasteiger partial charge in [-0.2, -0.15) is 0 Å². The molecule has 0 fully saturated rings. The normalized spacial score (nSPS) is 13.9. The van der Waals surface area contributed by atoms with Crippen LogP contribution in [0.5, 0.6) is 0 Å². The molecule has 1 heterocycles. The molecule has 0 unspecified atom stereocenters. The summed E-state index contributed by atoms with van der Waals surface area (Å²) < 4.78 is 0. The Bertz CT molecular complexity index is 635. The lowest BCUT2D eigenvalue weighted by Crippen LogP contribution is -2.01. The Balaban J connectivity index is 2.33. The smallest absolute Gasteiger partial charge is 0.335 e. The van der Waals surface area contributed by atoms with E-state index in [1.165, 1.54) is 0 Å². The molecule has 1 aliphatic rings. The van der Waals surface area contributed by atoms with E-state index in [4.69, 9.17) is 10.8 Å². The topological polar surface area (TPSA) is 76.2 Å². The van der Waals surface area contributed by atoms with Gasteiger partial charge in [0.05, 0.1) is 11.1 Å². The standard InChI is InChI=1S/C13H12N2O2/c14-12-8-2-1-3-10(8)15-11-5-4-7(13(16)17)6-9(11)12/h4-6H,1-3H2,(H2,14,15)(H,16,17). The van der Waals surface area contributed by atoms with Crippen molar-refractivity contribution < 1.29 is 9.90 Å². The molecule has 4 heteroatoms. The number of carboxylic acid groups (broad SMARTS) is 1. The number of carboxylic acids is 1. The molecule has 86 valence electrons. The summed E-state index contributed by atoms with van der Waals surface area (Å²) in [6.45, 7) is 0. The first kappa shape index (κ1) is 10.1. The van der Waals surface area contributed by atoms with Crippen LogP contribution in [0.4, 0.5) is 5.69 Å². The van der Waals surface area contributed by atoms with Crippen LogP contribution in [0, 0.1) is 0 Å². The van der Waals surface area contributed by atoms with Crippen molar-refractivity contribution in [2.24, 2.45) is 0 Å². The van der Waals surface area contributed by atoms with Gasteiger partial charge in [-0.25, -0.2) is 4.79 Å². The van der Waals surface area contributed by atoms with E-state index in [-0.39, 0.29) is 5.56 Å². The predicted octanol–water partition coefficient (Wildman–Crippen LogP) is 2.00.